The molecule has 0 spiro atoms. The van der Waals surface area contributed by atoms with E-state index in [1.165, 1.54) is 0 Å². The molecule has 3 aromatic rings. The zero-order chi connectivity index (χ0) is 27.6. The smallest absolute Gasteiger partial charge is 0.254 e. The number of carbonyl (C=O) groups is 1. The van der Waals surface area contributed by atoms with Crippen LogP contribution in [0.4, 0.5) is 0 Å². The Balaban J connectivity index is 1.41. The Morgan fingerprint density at radius 2 is 2.03 bits per heavy atom. The molecule has 1 unspecified atom stereocenters. The highest BCUT2D eigenvalue weighted by atomic mass is 32.1. The van der Waals surface area contributed by atoms with Crippen molar-refractivity contribution in [2.24, 2.45) is 5.73 Å². The second-order valence-corrected chi connectivity index (χ2v) is 11.0. The van der Waals surface area contributed by atoms with Gasteiger partial charge in [0.2, 0.25) is 11.8 Å². The SMILES string of the molecule is Cc1csc([C@H]2CCCN2C(=O)c2cc(C(=N)OC(=N)C(C)(N)Cc3ccccc3)cc(C3=CNCO3)c2)n1. The average Bonchev–Trinajstić information content (AvgIpc) is 3.70. The van der Waals surface area contributed by atoms with Crippen molar-refractivity contribution in [3.63, 3.8) is 0 Å². The van der Waals surface area contributed by atoms with Crippen molar-refractivity contribution in [3.05, 3.63) is 93.1 Å². The minimum atomic E-state index is -1.13. The summed E-state index contributed by atoms with van der Waals surface area (Å²) in [6.45, 7) is 4.61. The summed E-state index contributed by atoms with van der Waals surface area (Å²) in [5.74, 6) is -0.0715. The summed E-state index contributed by atoms with van der Waals surface area (Å²) in [6, 6.07) is 14.7. The molecule has 2 aliphatic heterocycles. The molecule has 2 aliphatic rings. The molecule has 1 fully saturated rings. The van der Waals surface area contributed by atoms with E-state index in [9.17, 15) is 4.79 Å². The number of likely N-dealkylation sites (tertiary alicyclic amines) is 1. The molecule has 0 bridgehead atoms. The fourth-order valence-electron chi connectivity index (χ4n) is 4.82. The van der Waals surface area contributed by atoms with Gasteiger partial charge in [0.1, 0.15) is 10.8 Å². The number of aryl methyl sites for hydroxylation is 1. The second kappa shape index (κ2) is 11.0. The molecule has 5 N–H and O–H groups in total. The average molecular weight is 545 g/mol. The van der Waals surface area contributed by atoms with E-state index in [0.29, 0.717) is 42.1 Å². The second-order valence-electron chi connectivity index (χ2n) is 10.1. The summed E-state index contributed by atoms with van der Waals surface area (Å²) in [5, 5.41) is 23.2. The molecule has 1 aromatic heterocycles. The lowest BCUT2D eigenvalue weighted by atomic mass is 9.93. The van der Waals surface area contributed by atoms with Crippen molar-refractivity contribution in [3.8, 4) is 0 Å². The van der Waals surface area contributed by atoms with Crippen LogP contribution in [0.3, 0.4) is 0 Å². The van der Waals surface area contributed by atoms with Crippen LogP contribution in [0.1, 0.15) is 63.6 Å². The Hall–Kier alpha value is -4.02. The number of ether oxygens (including phenoxy) is 2. The van der Waals surface area contributed by atoms with Crippen LogP contribution >= 0.6 is 11.3 Å². The van der Waals surface area contributed by atoms with Crippen molar-refractivity contribution in [2.45, 2.75) is 44.7 Å². The first kappa shape index (κ1) is 26.6. The number of hydrogen-bond acceptors (Lipinski definition) is 9. The molecule has 9 nitrogen and oxygen atoms in total. The predicted molar refractivity (Wildman–Crippen MR) is 152 cm³/mol. The lowest BCUT2D eigenvalue weighted by Gasteiger charge is -2.26. The number of rotatable bonds is 7. The van der Waals surface area contributed by atoms with Crippen LogP contribution in [0, 0.1) is 17.7 Å². The van der Waals surface area contributed by atoms with E-state index in [1.807, 2.05) is 47.5 Å². The van der Waals surface area contributed by atoms with Crippen LogP contribution in [-0.2, 0) is 15.9 Å². The Bertz CT molecular complexity index is 1430. The minimum Gasteiger partial charge on any atom is -0.471 e. The number of nitrogens with one attached hydrogen (secondary N) is 3. The quantitative estimate of drug-likeness (QED) is 0.254. The van der Waals surface area contributed by atoms with Crippen LogP contribution in [0.2, 0.25) is 0 Å². The maximum atomic E-state index is 13.8. The van der Waals surface area contributed by atoms with Gasteiger partial charge in [-0.2, -0.15) is 0 Å². The van der Waals surface area contributed by atoms with Crippen LogP contribution in [-0.4, -0.2) is 46.4 Å². The zero-order valence-electron chi connectivity index (χ0n) is 22.0. The number of hydrogen-bond donors (Lipinski definition) is 4. The van der Waals surface area contributed by atoms with Gasteiger partial charge in [-0.3, -0.25) is 15.6 Å². The first-order chi connectivity index (χ1) is 18.7. The molecule has 2 atom stereocenters. The van der Waals surface area contributed by atoms with E-state index in [0.717, 1.165) is 29.1 Å². The van der Waals surface area contributed by atoms with Gasteiger partial charge in [-0.05, 0) is 56.9 Å². The van der Waals surface area contributed by atoms with Gasteiger partial charge in [-0.25, -0.2) is 4.98 Å². The number of thiazole rings is 1. The number of carbonyl (C=O) groups excluding carboxylic acids is 1. The van der Waals surface area contributed by atoms with Crippen molar-refractivity contribution < 1.29 is 14.3 Å². The van der Waals surface area contributed by atoms with Gasteiger partial charge in [-0.15, -0.1) is 11.3 Å². The molecular weight excluding hydrogens is 512 g/mol. The monoisotopic (exact) mass is 544 g/mol. The Kier molecular flexibility index (Phi) is 7.49. The van der Waals surface area contributed by atoms with Crippen LogP contribution in [0.15, 0.2) is 60.1 Å². The molecular formula is C29H32N6O3S. The first-order valence-electron chi connectivity index (χ1n) is 12.8. The van der Waals surface area contributed by atoms with Gasteiger partial charge in [0.15, 0.2) is 6.73 Å². The molecule has 5 rings (SSSR count). The van der Waals surface area contributed by atoms with Crippen molar-refractivity contribution in [1.29, 1.82) is 10.8 Å². The summed E-state index contributed by atoms with van der Waals surface area (Å²) in [7, 11) is 0. The van der Waals surface area contributed by atoms with Crippen LogP contribution < -0.4 is 11.1 Å². The molecule has 2 aromatic carbocycles. The van der Waals surface area contributed by atoms with Gasteiger partial charge in [0.25, 0.3) is 5.91 Å². The molecule has 3 heterocycles. The van der Waals surface area contributed by atoms with E-state index in [2.05, 4.69) is 10.3 Å². The fraction of sp³-hybridized carbons (Fsp3) is 0.310. The summed E-state index contributed by atoms with van der Waals surface area (Å²) in [5.41, 5.74) is 8.63. The van der Waals surface area contributed by atoms with Crippen molar-refractivity contribution in [2.75, 3.05) is 13.3 Å². The molecule has 202 valence electrons. The van der Waals surface area contributed by atoms with Gasteiger partial charge in [0.05, 0.1) is 11.6 Å². The lowest BCUT2D eigenvalue weighted by molar-refractivity contribution is 0.0735. The Labute approximate surface area is 231 Å². The maximum absolute atomic E-state index is 13.8. The molecule has 10 heteroatoms. The third-order valence-corrected chi connectivity index (χ3v) is 7.91. The molecule has 1 saturated heterocycles. The molecule has 1 amide bonds. The van der Waals surface area contributed by atoms with E-state index in [1.54, 1.807) is 42.7 Å². The highest BCUT2D eigenvalue weighted by Gasteiger charge is 2.33. The third-order valence-electron chi connectivity index (χ3n) is 6.84. The number of nitrogens with zero attached hydrogens (tertiary/aromatic N) is 2. The Morgan fingerprint density at radius 3 is 2.72 bits per heavy atom. The van der Waals surface area contributed by atoms with Crippen LogP contribution in [0.25, 0.3) is 5.76 Å². The summed E-state index contributed by atoms with van der Waals surface area (Å²) < 4.78 is 11.3. The summed E-state index contributed by atoms with van der Waals surface area (Å²) in [4.78, 5) is 20.3. The topological polar surface area (TPSA) is 137 Å². The van der Waals surface area contributed by atoms with Crippen LogP contribution in [0.5, 0.6) is 0 Å². The Morgan fingerprint density at radius 1 is 1.26 bits per heavy atom. The third kappa shape index (κ3) is 5.86. The standard InChI is InChI=1S/C29H32N6O3S/c1-18-16-39-26(34-18)23-9-6-10-35(23)27(36)22-12-20(24-15-33-17-37-24)11-21(13-22)25(30)38-28(31)29(2,32)14-19-7-4-3-5-8-19/h3-5,7-8,11-13,15-16,23,30-31,33H,6,9-10,14,17,32H2,1-2H3/t23-,29?/m1/s1. The molecule has 0 aliphatic carbocycles. The van der Waals surface area contributed by atoms with E-state index in [-0.39, 0.29) is 23.7 Å². The zero-order valence-corrected chi connectivity index (χ0v) is 22.8. The van der Waals surface area contributed by atoms with E-state index < -0.39 is 5.54 Å². The van der Waals surface area contributed by atoms with Gasteiger partial charge < -0.3 is 25.4 Å². The van der Waals surface area contributed by atoms with Crippen molar-refractivity contribution >= 4 is 34.8 Å². The largest absolute Gasteiger partial charge is 0.471 e. The highest BCUT2D eigenvalue weighted by molar-refractivity contribution is 7.09. The molecule has 0 radical (unpaired) electrons. The van der Waals surface area contributed by atoms with E-state index in [4.69, 9.17) is 26.0 Å². The number of nitrogens with two attached hydrogens (primary N) is 1. The number of aromatic nitrogens is 1. The predicted octanol–water partition coefficient (Wildman–Crippen LogP) is 4.58. The van der Waals surface area contributed by atoms with Gasteiger partial charge in [0, 0.05) is 40.5 Å². The summed E-state index contributed by atoms with van der Waals surface area (Å²) >= 11 is 1.57. The lowest BCUT2D eigenvalue weighted by Crippen LogP contribution is -2.48. The molecule has 0 saturated carbocycles. The van der Waals surface area contributed by atoms with Gasteiger partial charge >= 0.3 is 0 Å². The summed E-state index contributed by atoms with van der Waals surface area (Å²) in [6.07, 6.45) is 3.86. The van der Waals surface area contributed by atoms with Gasteiger partial charge in [-0.1, -0.05) is 30.3 Å². The fourth-order valence-corrected chi connectivity index (χ4v) is 5.76. The highest BCUT2D eigenvalue weighted by Crippen LogP contribution is 2.35. The molecule has 39 heavy (non-hydrogen) atoms. The maximum Gasteiger partial charge on any atom is 0.254 e. The number of benzene rings is 2. The van der Waals surface area contributed by atoms with E-state index >= 15 is 0 Å². The number of amides is 1. The minimum absolute atomic E-state index is 0.0771. The normalized spacial score (nSPS) is 18.1. The van der Waals surface area contributed by atoms with Crippen molar-refractivity contribution in [1.82, 2.24) is 15.2 Å². The first-order valence-corrected chi connectivity index (χ1v) is 13.7.